The number of carbonyl (C=O) groups excluding carboxylic acids is 3. The van der Waals surface area contributed by atoms with Crippen molar-refractivity contribution in [3.63, 3.8) is 0 Å². The number of rotatable bonds is 5. The lowest BCUT2D eigenvalue weighted by molar-refractivity contribution is -0.133. The first-order chi connectivity index (χ1) is 15.0. The Balaban J connectivity index is 1.28. The number of benzene rings is 1. The van der Waals surface area contributed by atoms with Crippen LogP contribution >= 0.6 is 0 Å². The zero-order chi connectivity index (χ0) is 21.8. The fourth-order valence-electron chi connectivity index (χ4n) is 4.73. The monoisotopic (exact) mass is 428 g/mol. The predicted molar refractivity (Wildman–Crippen MR) is 118 cm³/mol. The molecule has 3 unspecified atom stereocenters. The molecule has 1 aromatic carbocycles. The van der Waals surface area contributed by atoms with Crippen molar-refractivity contribution in [2.24, 2.45) is 0 Å². The van der Waals surface area contributed by atoms with Gasteiger partial charge in [0.1, 0.15) is 0 Å². The Kier molecular flexibility index (Phi) is 6.72. The molecule has 0 saturated carbocycles. The Labute approximate surface area is 183 Å². The Morgan fingerprint density at radius 2 is 1.87 bits per heavy atom. The molecule has 0 bridgehead atoms. The van der Waals surface area contributed by atoms with Crippen LogP contribution in [0.15, 0.2) is 30.3 Å². The molecule has 0 spiro atoms. The van der Waals surface area contributed by atoms with Crippen molar-refractivity contribution >= 4 is 23.5 Å². The second-order valence-electron chi connectivity index (χ2n) is 8.73. The number of hydrogen-bond acceptors (Lipinski definition) is 5. The van der Waals surface area contributed by atoms with Gasteiger partial charge in [-0.3, -0.25) is 14.5 Å². The number of nitrogens with zero attached hydrogens (tertiary/aromatic N) is 3. The van der Waals surface area contributed by atoms with Gasteiger partial charge in [-0.1, -0.05) is 18.2 Å². The highest BCUT2D eigenvalue weighted by Gasteiger charge is 2.43. The number of amides is 4. The van der Waals surface area contributed by atoms with Gasteiger partial charge in [0, 0.05) is 63.5 Å². The molecule has 168 valence electrons. The zero-order valence-corrected chi connectivity index (χ0v) is 18.0. The van der Waals surface area contributed by atoms with Crippen LogP contribution in [0.5, 0.6) is 0 Å². The molecule has 3 fully saturated rings. The van der Waals surface area contributed by atoms with Crippen LogP contribution in [0.1, 0.15) is 19.3 Å². The molecule has 9 nitrogen and oxygen atoms in total. The number of para-hydroxylation sites is 1. The van der Waals surface area contributed by atoms with E-state index in [9.17, 15) is 14.4 Å². The number of anilines is 1. The normalized spacial score (nSPS) is 26.8. The van der Waals surface area contributed by atoms with Crippen molar-refractivity contribution in [2.45, 2.75) is 37.4 Å². The number of likely N-dealkylation sites (N-methyl/N-ethyl adjacent to an activating group) is 1. The number of fused-ring (bicyclic) bond motifs is 1. The first kappa shape index (κ1) is 21.6. The van der Waals surface area contributed by atoms with E-state index in [-0.39, 0.29) is 36.0 Å². The van der Waals surface area contributed by atoms with Gasteiger partial charge in [-0.15, -0.1) is 0 Å². The molecule has 0 aromatic heterocycles. The molecule has 31 heavy (non-hydrogen) atoms. The molecule has 3 heterocycles. The van der Waals surface area contributed by atoms with Gasteiger partial charge in [0.15, 0.2) is 0 Å². The smallest absolute Gasteiger partial charge is 0.319 e. The van der Waals surface area contributed by atoms with E-state index >= 15 is 0 Å². The second-order valence-corrected chi connectivity index (χ2v) is 8.73. The van der Waals surface area contributed by atoms with Gasteiger partial charge in [0.2, 0.25) is 11.8 Å². The van der Waals surface area contributed by atoms with E-state index in [1.807, 2.05) is 35.2 Å². The fourth-order valence-corrected chi connectivity index (χ4v) is 4.73. The number of urea groups is 1. The van der Waals surface area contributed by atoms with Crippen molar-refractivity contribution in [3.05, 3.63) is 30.3 Å². The molecular weight excluding hydrogens is 396 g/mol. The highest BCUT2D eigenvalue weighted by molar-refractivity contribution is 5.89. The molecule has 9 heteroatoms. The van der Waals surface area contributed by atoms with E-state index < -0.39 is 0 Å². The number of carbonyl (C=O) groups is 3. The Bertz CT molecular complexity index is 796. The van der Waals surface area contributed by atoms with Gasteiger partial charge in [0.05, 0.1) is 6.04 Å². The Morgan fingerprint density at radius 3 is 2.61 bits per heavy atom. The van der Waals surface area contributed by atoms with Crippen molar-refractivity contribution in [1.29, 1.82) is 0 Å². The molecule has 1 aromatic rings. The first-order valence-electron chi connectivity index (χ1n) is 11.1. The van der Waals surface area contributed by atoms with E-state index in [1.165, 1.54) is 0 Å². The quantitative estimate of drug-likeness (QED) is 0.627. The lowest BCUT2D eigenvalue weighted by Crippen LogP contribution is -2.58. The highest BCUT2D eigenvalue weighted by Crippen LogP contribution is 2.26. The summed E-state index contributed by atoms with van der Waals surface area (Å²) in [5.41, 5.74) is 0.730. The summed E-state index contributed by atoms with van der Waals surface area (Å²) < 4.78 is 0. The van der Waals surface area contributed by atoms with Crippen LogP contribution in [-0.2, 0) is 9.59 Å². The Hall–Kier alpha value is -2.65. The number of piperazine rings is 2. The third-order valence-electron chi connectivity index (χ3n) is 6.54. The molecule has 3 N–H and O–H groups in total. The molecule has 4 amide bonds. The van der Waals surface area contributed by atoms with E-state index in [1.54, 1.807) is 0 Å². The summed E-state index contributed by atoms with van der Waals surface area (Å²) in [6, 6.07) is 8.78. The second kappa shape index (κ2) is 9.65. The minimum Gasteiger partial charge on any atom is -0.353 e. The maximum absolute atomic E-state index is 12.6. The van der Waals surface area contributed by atoms with Gasteiger partial charge in [-0.05, 0) is 32.0 Å². The lowest BCUT2D eigenvalue weighted by atomic mass is 10.0. The molecule has 4 rings (SSSR count). The zero-order valence-electron chi connectivity index (χ0n) is 18.0. The summed E-state index contributed by atoms with van der Waals surface area (Å²) in [7, 11) is 2.07. The van der Waals surface area contributed by atoms with E-state index in [0.717, 1.165) is 31.9 Å². The maximum Gasteiger partial charge on any atom is 0.319 e. The summed E-state index contributed by atoms with van der Waals surface area (Å²) in [4.78, 5) is 43.7. The molecule has 0 radical (unpaired) electrons. The molecular formula is C22H32N6O3. The lowest BCUT2D eigenvalue weighted by Gasteiger charge is -2.38. The molecule has 3 aliphatic heterocycles. The SMILES string of the molecule is CN1CCN(C(=O)CCC2CNC(=O)C3CC(NC(=O)Nc4ccccc4)CN23)CC1. The van der Waals surface area contributed by atoms with Crippen molar-refractivity contribution in [2.75, 3.05) is 51.6 Å². The van der Waals surface area contributed by atoms with Crippen LogP contribution in [0.25, 0.3) is 0 Å². The molecule has 3 atom stereocenters. The van der Waals surface area contributed by atoms with Crippen LogP contribution in [0.4, 0.5) is 10.5 Å². The van der Waals surface area contributed by atoms with Crippen molar-refractivity contribution < 1.29 is 14.4 Å². The number of nitrogens with one attached hydrogen (secondary N) is 3. The van der Waals surface area contributed by atoms with Gasteiger partial charge < -0.3 is 25.8 Å². The van der Waals surface area contributed by atoms with E-state index in [2.05, 4.69) is 32.8 Å². The average molecular weight is 429 g/mol. The van der Waals surface area contributed by atoms with Crippen LogP contribution < -0.4 is 16.0 Å². The topological polar surface area (TPSA) is 97.0 Å². The maximum atomic E-state index is 12.6. The van der Waals surface area contributed by atoms with E-state index in [0.29, 0.717) is 32.4 Å². The summed E-state index contributed by atoms with van der Waals surface area (Å²) in [6.07, 6.45) is 1.78. The van der Waals surface area contributed by atoms with Crippen LogP contribution in [0.3, 0.4) is 0 Å². The third-order valence-corrected chi connectivity index (χ3v) is 6.54. The molecule has 3 saturated heterocycles. The molecule has 0 aliphatic carbocycles. The summed E-state index contributed by atoms with van der Waals surface area (Å²) in [5, 5.41) is 8.81. The number of hydrogen-bond donors (Lipinski definition) is 3. The van der Waals surface area contributed by atoms with Crippen LogP contribution in [0, 0.1) is 0 Å². The predicted octanol–water partition coefficient (Wildman–Crippen LogP) is 0.304. The summed E-state index contributed by atoms with van der Waals surface area (Å²) in [6.45, 7) is 4.56. The van der Waals surface area contributed by atoms with Crippen molar-refractivity contribution in [1.82, 2.24) is 25.3 Å². The summed E-state index contributed by atoms with van der Waals surface area (Å²) in [5.74, 6) is 0.201. The standard InChI is InChI=1S/C22H32N6O3/c1-26-9-11-27(12-10-26)20(29)8-7-18-14-23-21(30)19-13-17(15-28(18)19)25-22(31)24-16-5-3-2-4-6-16/h2-6,17-19H,7-15H2,1H3,(H,23,30)(H2,24,25,31). The van der Waals surface area contributed by atoms with Crippen LogP contribution in [0.2, 0.25) is 0 Å². The minimum atomic E-state index is -0.266. The highest BCUT2D eigenvalue weighted by atomic mass is 16.2. The van der Waals surface area contributed by atoms with Crippen molar-refractivity contribution in [3.8, 4) is 0 Å². The van der Waals surface area contributed by atoms with Gasteiger partial charge in [-0.25, -0.2) is 4.79 Å². The summed E-state index contributed by atoms with van der Waals surface area (Å²) >= 11 is 0. The van der Waals surface area contributed by atoms with Gasteiger partial charge in [-0.2, -0.15) is 0 Å². The largest absolute Gasteiger partial charge is 0.353 e. The third kappa shape index (κ3) is 5.34. The van der Waals surface area contributed by atoms with Crippen LogP contribution in [-0.4, -0.2) is 97.0 Å². The van der Waals surface area contributed by atoms with E-state index in [4.69, 9.17) is 0 Å². The average Bonchev–Trinajstić information content (AvgIpc) is 3.19. The Morgan fingerprint density at radius 1 is 1.13 bits per heavy atom. The molecule has 3 aliphatic rings. The van der Waals surface area contributed by atoms with Gasteiger partial charge >= 0.3 is 6.03 Å². The first-order valence-corrected chi connectivity index (χ1v) is 11.1. The fraction of sp³-hybridized carbons (Fsp3) is 0.591. The van der Waals surface area contributed by atoms with Gasteiger partial charge in [0.25, 0.3) is 0 Å². The minimum absolute atomic E-state index is 0.00871.